The van der Waals surface area contributed by atoms with Crippen LogP contribution in [0.4, 0.5) is 0 Å². The fourth-order valence-corrected chi connectivity index (χ4v) is 2.34. The van der Waals surface area contributed by atoms with E-state index in [1.807, 2.05) is 31.2 Å². The van der Waals surface area contributed by atoms with Crippen molar-refractivity contribution < 1.29 is 9.15 Å². The predicted molar refractivity (Wildman–Crippen MR) is 83.9 cm³/mol. The molecule has 0 amide bonds. The Morgan fingerprint density at radius 2 is 2.10 bits per heavy atom. The Morgan fingerprint density at radius 1 is 1.30 bits per heavy atom. The minimum absolute atomic E-state index is 0.442. The van der Waals surface area contributed by atoms with Gasteiger partial charge in [0.25, 0.3) is 0 Å². The van der Waals surface area contributed by atoms with E-state index >= 15 is 0 Å². The minimum atomic E-state index is 0.442. The number of benzene rings is 1. The second kappa shape index (κ2) is 7.50. The topological polar surface area (TPSA) is 34.4 Å². The number of ether oxygens (including phenoxy) is 1. The molecule has 20 heavy (non-hydrogen) atoms. The van der Waals surface area contributed by atoms with Crippen molar-refractivity contribution in [3.63, 3.8) is 0 Å². The summed E-state index contributed by atoms with van der Waals surface area (Å²) >= 11 is 3.47. The second-order valence-electron chi connectivity index (χ2n) is 4.69. The molecule has 4 heteroatoms. The van der Waals surface area contributed by atoms with Gasteiger partial charge in [-0.2, -0.15) is 0 Å². The Morgan fingerprint density at radius 3 is 2.85 bits per heavy atom. The molecule has 1 N–H and O–H groups in total. The van der Waals surface area contributed by atoms with Crippen molar-refractivity contribution in [2.75, 3.05) is 6.54 Å². The molecule has 0 saturated carbocycles. The summed E-state index contributed by atoms with van der Waals surface area (Å²) in [6, 6.07) is 9.88. The van der Waals surface area contributed by atoms with Crippen LogP contribution in [0.1, 0.15) is 30.4 Å². The summed E-state index contributed by atoms with van der Waals surface area (Å²) in [5.74, 6) is 2.64. The highest BCUT2D eigenvalue weighted by Crippen LogP contribution is 2.25. The normalized spacial score (nSPS) is 10.8. The number of hydrogen-bond acceptors (Lipinski definition) is 3. The van der Waals surface area contributed by atoms with E-state index in [0.29, 0.717) is 6.61 Å². The third-order valence-corrected chi connectivity index (χ3v) is 3.68. The van der Waals surface area contributed by atoms with E-state index in [-0.39, 0.29) is 0 Å². The van der Waals surface area contributed by atoms with E-state index in [4.69, 9.17) is 9.15 Å². The first-order chi connectivity index (χ1) is 9.70. The third kappa shape index (κ3) is 4.12. The molecule has 3 nitrogen and oxygen atoms in total. The summed E-state index contributed by atoms with van der Waals surface area (Å²) in [7, 11) is 0. The van der Waals surface area contributed by atoms with Gasteiger partial charge in [0, 0.05) is 12.1 Å². The summed E-state index contributed by atoms with van der Waals surface area (Å²) < 4.78 is 12.4. The maximum atomic E-state index is 5.76. The number of rotatable bonds is 7. The van der Waals surface area contributed by atoms with Gasteiger partial charge in [-0.05, 0) is 54.0 Å². The van der Waals surface area contributed by atoms with Gasteiger partial charge >= 0.3 is 0 Å². The van der Waals surface area contributed by atoms with Crippen molar-refractivity contribution in [3.8, 4) is 5.75 Å². The van der Waals surface area contributed by atoms with Crippen molar-refractivity contribution in [1.29, 1.82) is 0 Å². The van der Waals surface area contributed by atoms with Crippen molar-refractivity contribution in [2.24, 2.45) is 0 Å². The zero-order valence-electron chi connectivity index (χ0n) is 11.9. The number of halogens is 1. The first-order valence-corrected chi connectivity index (χ1v) is 7.66. The van der Waals surface area contributed by atoms with Crippen molar-refractivity contribution in [2.45, 2.75) is 33.4 Å². The molecule has 1 heterocycles. The minimum Gasteiger partial charge on any atom is -0.484 e. The molecule has 0 spiro atoms. The maximum Gasteiger partial charge on any atom is 0.146 e. The molecule has 1 aromatic carbocycles. The van der Waals surface area contributed by atoms with Crippen LogP contribution in [0.15, 0.2) is 39.2 Å². The van der Waals surface area contributed by atoms with Gasteiger partial charge in [0.1, 0.15) is 23.9 Å². The largest absolute Gasteiger partial charge is 0.484 e. The lowest BCUT2D eigenvalue weighted by Gasteiger charge is -2.05. The molecule has 0 saturated heterocycles. The van der Waals surface area contributed by atoms with Gasteiger partial charge in [-0.1, -0.05) is 19.1 Å². The standard InChI is InChI=1S/C16H20BrNO2/c1-3-8-18-10-13-9-14(20-12(13)2)11-19-16-7-5-4-6-15(16)17/h4-7,9,18H,3,8,10-11H2,1-2H3. The number of furan rings is 1. The predicted octanol–water partition coefficient (Wildman–Crippen LogP) is 4.43. The molecule has 0 atom stereocenters. The summed E-state index contributed by atoms with van der Waals surface area (Å²) in [6.45, 7) is 6.46. The summed E-state index contributed by atoms with van der Waals surface area (Å²) in [5, 5.41) is 3.38. The molecule has 2 aromatic rings. The fourth-order valence-electron chi connectivity index (χ4n) is 1.94. The van der Waals surface area contributed by atoms with Gasteiger partial charge in [0.2, 0.25) is 0 Å². The molecule has 0 aliphatic heterocycles. The molecule has 2 rings (SSSR count). The average molecular weight is 338 g/mol. The quantitative estimate of drug-likeness (QED) is 0.759. The van der Waals surface area contributed by atoms with Crippen molar-refractivity contribution in [1.82, 2.24) is 5.32 Å². The Labute approximate surface area is 128 Å². The highest BCUT2D eigenvalue weighted by atomic mass is 79.9. The van der Waals surface area contributed by atoms with E-state index in [2.05, 4.69) is 34.2 Å². The van der Waals surface area contributed by atoms with Crippen LogP contribution in [0.3, 0.4) is 0 Å². The van der Waals surface area contributed by atoms with Gasteiger partial charge in [-0.15, -0.1) is 0 Å². The first-order valence-electron chi connectivity index (χ1n) is 6.87. The molecule has 0 bridgehead atoms. The van der Waals surface area contributed by atoms with Gasteiger partial charge in [-0.3, -0.25) is 0 Å². The van der Waals surface area contributed by atoms with E-state index in [9.17, 15) is 0 Å². The fraction of sp³-hybridized carbons (Fsp3) is 0.375. The zero-order valence-corrected chi connectivity index (χ0v) is 13.5. The van der Waals surface area contributed by atoms with Crippen LogP contribution in [0.2, 0.25) is 0 Å². The molecular formula is C16H20BrNO2. The summed E-state index contributed by atoms with van der Waals surface area (Å²) in [6.07, 6.45) is 1.13. The van der Waals surface area contributed by atoms with Crippen LogP contribution in [0, 0.1) is 6.92 Å². The van der Waals surface area contributed by atoms with E-state index in [0.717, 1.165) is 41.3 Å². The van der Waals surface area contributed by atoms with Crippen LogP contribution in [-0.2, 0) is 13.2 Å². The summed E-state index contributed by atoms with van der Waals surface area (Å²) in [4.78, 5) is 0. The molecule has 0 radical (unpaired) electrons. The molecular weight excluding hydrogens is 318 g/mol. The lowest BCUT2D eigenvalue weighted by atomic mass is 10.2. The molecule has 0 aliphatic rings. The monoisotopic (exact) mass is 337 g/mol. The van der Waals surface area contributed by atoms with Crippen LogP contribution in [0.5, 0.6) is 5.75 Å². The highest BCUT2D eigenvalue weighted by Gasteiger charge is 2.08. The van der Waals surface area contributed by atoms with Gasteiger partial charge < -0.3 is 14.5 Å². The second-order valence-corrected chi connectivity index (χ2v) is 5.54. The van der Waals surface area contributed by atoms with Crippen LogP contribution >= 0.6 is 15.9 Å². The zero-order chi connectivity index (χ0) is 14.4. The molecule has 108 valence electrons. The maximum absolute atomic E-state index is 5.76. The Hall–Kier alpha value is -1.26. The number of aryl methyl sites for hydroxylation is 1. The van der Waals surface area contributed by atoms with E-state index in [1.165, 1.54) is 5.56 Å². The molecule has 1 aromatic heterocycles. The van der Waals surface area contributed by atoms with Crippen LogP contribution in [0.25, 0.3) is 0 Å². The van der Waals surface area contributed by atoms with E-state index in [1.54, 1.807) is 0 Å². The highest BCUT2D eigenvalue weighted by molar-refractivity contribution is 9.10. The van der Waals surface area contributed by atoms with E-state index < -0.39 is 0 Å². The lowest BCUT2D eigenvalue weighted by molar-refractivity contribution is 0.266. The van der Waals surface area contributed by atoms with Gasteiger partial charge in [0.15, 0.2) is 0 Å². The van der Waals surface area contributed by atoms with Crippen molar-refractivity contribution in [3.05, 3.63) is 51.9 Å². The van der Waals surface area contributed by atoms with Gasteiger partial charge in [0.05, 0.1) is 4.47 Å². The third-order valence-electron chi connectivity index (χ3n) is 3.02. The SMILES string of the molecule is CCCNCc1cc(COc2ccccc2Br)oc1C. The van der Waals surface area contributed by atoms with Gasteiger partial charge in [-0.25, -0.2) is 0 Å². The smallest absolute Gasteiger partial charge is 0.146 e. The molecule has 0 fully saturated rings. The number of para-hydroxylation sites is 1. The van der Waals surface area contributed by atoms with Crippen LogP contribution < -0.4 is 10.1 Å². The van der Waals surface area contributed by atoms with Crippen LogP contribution in [-0.4, -0.2) is 6.54 Å². The van der Waals surface area contributed by atoms with Crippen molar-refractivity contribution >= 4 is 15.9 Å². The Balaban J connectivity index is 1.93. The molecule has 0 unspecified atom stereocenters. The average Bonchev–Trinajstić information content (AvgIpc) is 2.79. The Kier molecular flexibility index (Phi) is 5.68. The number of hydrogen-bond donors (Lipinski definition) is 1. The first kappa shape index (κ1) is 15.1. The summed E-state index contributed by atoms with van der Waals surface area (Å²) in [5.41, 5.74) is 1.20. The lowest BCUT2D eigenvalue weighted by Crippen LogP contribution is -2.13. The Bertz CT molecular complexity index is 551. The number of nitrogens with one attached hydrogen (secondary N) is 1. The molecule has 0 aliphatic carbocycles.